The van der Waals surface area contributed by atoms with Gasteiger partial charge in [-0.15, -0.1) is 0 Å². The maximum Gasteiger partial charge on any atom is 0.239 e. The zero-order valence-corrected chi connectivity index (χ0v) is 11.1. The smallest absolute Gasteiger partial charge is 0.239 e. The number of morpholine rings is 1. The summed E-state index contributed by atoms with van der Waals surface area (Å²) in [5.74, 6) is 6.89. The van der Waals surface area contributed by atoms with Crippen LogP contribution in [0, 0.1) is 0 Å². The van der Waals surface area contributed by atoms with Crippen LogP contribution in [0.2, 0.25) is 0 Å². The molecule has 0 radical (unpaired) electrons. The zero-order valence-electron chi connectivity index (χ0n) is 11.1. The van der Waals surface area contributed by atoms with Crippen molar-refractivity contribution in [2.75, 3.05) is 23.4 Å². The molecule has 6 heteroatoms. The molecule has 1 aromatic heterocycles. The van der Waals surface area contributed by atoms with Gasteiger partial charge in [0.05, 0.1) is 17.7 Å². The van der Waals surface area contributed by atoms with Crippen molar-refractivity contribution in [1.29, 1.82) is 0 Å². The summed E-state index contributed by atoms with van der Waals surface area (Å²) in [4.78, 5) is 11.3. The highest BCUT2D eigenvalue weighted by Crippen LogP contribution is 2.32. The number of ether oxygens (including phenoxy) is 1. The number of nitrogens with two attached hydrogens (primary N) is 1. The number of hydrogen-bond acceptors (Lipinski definition) is 6. The van der Waals surface area contributed by atoms with Crippen molar-refractivity contribution in [1.82, 2.24) is 9.97 Å². The van der Waals surface area contributed by atoms with Gasteiger partial charge in [0.25, 0.3) is 0 Å². The average Bonchev–Trinajstić information content (AvgIpc) is 2.84. The summed E-state index contributed by atoms with van der Waals surface area (Å²) < 4.78 is 5.89. The molecule has 2 unspecified atom stereocenters. The molecule has 0 saturated carbocycles. The molecule has 3 N–H and O–H groups in total. The van der Waals surface area contributed by atoms with Gasteiger partial charge in [-0.1, -0.05) is 12.1 Å². The maximum absolute atomic E-state index is 5.89. The number of aromatic nitrogens is 2. The largest absolute Gasteiger partial charge is 0.371 e. The second-order valence-electron chi connectivity index (χ2n) is 5.39. The van der Waals surface area contributed by atoms with E-state index in [4.69, 9.17) is 10.6 Å². The Kier molecular flexibility index (Phi) is 2.71. The zero-order chi connectivity index (χ0) is 13.5. The van der Waals surface area contributed by atoms with E-state index >= 15 is 0 Å². The topological polar surface area (TPSA) is 76.3 Å². The molecule has 6 nitrogen and oxygen atoms in total. The molecule has 2 aliphatic rings. The fourth-order valence-corrected chi connectivity index (χ4v) is 3.15. The van der Waals surface area contributed by atoms with E-state index in [2.05, 4.69) is 26.4 Å². The SMILES string of the molecule is NNc1nc(N2CC3CCC(C2)O3)c2ccccc2n1. The fraction of sp³-hybridized carbons (Fsp3) is 0.429. The van der Waals surface area contributed by atoms with E-state index in [1.165, 1.54) is 0 Å². The summed E-state index contributed by atoms with van der Waals surface area (Å²) in [6.45, 7) is 1.78. The van der Waals surface area contributed by atoms with Gasteiger partial charge in [0.2, 0.25) is 5.95 Å². The van der Waals surface area contributed by atoms with Gasteiger partial charge in [0.15, 0.2) is 0 Å². The minimum absolute atomic E-state index is 0.330. The molecule has 0 amide bonds. The summed E-state index contributed by atoms with van der Waals surface area (Å²) in [7, 11) is 0. The predicted molar refractivity (Wildman–Crippen MR) is 77.5 cm³/mol. The number of rotatable bonds is 2. The number of fused-ring (bicyclic) bond motifs is 3. The van der Waals surface area contributed by atoms with Crippen LogP contribution < -0.4 is 16.2 Å². The van der Waals surface area contributed by atoms with Gasteiger partial charge in [-0.3, -0.25) is 5.43 Å². The van der Waals surface area contributed by atoms with E-state index in [1.807, 2.05) is 18.2 Å². The standard InChI is InChI=1S/C14H17N5O/c15-18-14-16-12-4-2-1-3-11(12)13(17-14)19-7-9-5-6-10(8-19)20-9/h1-4,9-10H,5-8,15H2,(H,16,17,18). The normalized spacial score (nSPS) is 25.1. The van der Waals surface area contributed by atoms with Gasteiger partial charge >= 0.3 is 0 Å². The summed E-state index contributed by atoms with van der Waals surface area (Å²) in [6.07, 6.45) is 2.95. The lowest BCUT2D eigenvalue weighted by atomic mass is 10.2. The lowest BCUT2D eigenvalue weighted by Gasteiger charge is -2.33. The highest BCUT2D eigenvalue weighted by atomic mass is 16.5. The van der Waals surface area contributed by atoms with Crippen LogP contribution in [0.25, 0.3) is 10.9 Å². The van der Waals surface area contributed by atoms with E-state index < -0.39 is 0 Å². The van der Waals surface area contributed by atoms with Gasteiger partial charge in [0.1, 0.15) is 5.82 Å². The summed E-state index contributed by atoms with van der Waals surface area (Å²) >= 11 is 0. The van der Waals surface area contributed by atoms with Crippen molar-refractivity contribution < 1.29 is 4.74 Å². The van der Waals surface area contributed by atoms with Gasteiger partial charge in [-0.2, -0.15) is 4.98 Å². The van der Waals surface area contributed by atoms with E-state index in [0.29, 0.717) is 18.2 Å². The van der Waals surface area contributed by atoms with Crippen molar-refractivity contribution in [2.24, 2.45) is 5.84 Å². The van der Waals surface area contributed by atoms with Gasteiger partial charge in [-0.05, 0) is 25.0 Å². The van der Waals surface area contributed by atoms with Gasteiger partial charge in [-0.25, -0.2) is 10.8 Å². The summed E-state index contributed by atoms with van der Waals surface area (Å²) in [5, 5.41) is 1.06. The molecule has 2 atom stereocenters. The third-order valence-corrected chi connectivity index (χ3v) is 4.06. The molecule has 1 aromatic carbocycles. The second kappa shape index (κ2) is 4.57. The molecule has 2 saturated heterocycles. The van der Waals surface area contributed by atoms with E-state index in [0.717, 1.165) is 42.7 Å². The second-order valence-corrected chi connectivity index (χ2v) is 5.39. The number of para-hydroxylation sites is 1. The first kappa shape index (κ1) is 11.9. The molecule has 20 heavy (non-hydrogen) atoms. The van der Waals surface area contributed by atoms with E-state index in [-0.39, 0.29) is 0 Å². The molecule has 3 heterocycles. The van der Waals surface area contributed by atoms with Crippen LogP contribution in [-0.2, 0) is 4.74 Å². The molecule has 104 valence electrons. The predicted octanol–water partition coefficient (Wildman–Crippen LogP) is 1.28. The number of nitrogens with one attached hydrogen (secondary N) is 1. The molecular formula is C14H17N5O. The van der Waals surface area contributed by atoms with Gasteiger partial charge in [0, 0.05) is 18.5 Å². The summed E-state index contributed by atoms with van der Waals surface area (Å²) in [5.41, 5.74) is 3.46. The monoisotopic (exact) mass is 271 g/mol. The minimum Gasteiger partial charge on any atom is -0.371 e. The third kappa shape index (κ3) is 1.88. The Balaban J connectivity index is 1.81. The van der Waals surface area contributed by atoms with Crippen LogP contribution in [-0.4, -0.2) is 35.3 Å². The van der Waals surface area contributed by atoms with E-state index in [9.17, 15) is 0 Å². The molecule has 2 bridgehead atoms. The van der Waals surface area contributed by atoms with Crippen molar-refractivity contribution in [2.45, 2.75) is 25.0 Å². The van der Waals surface area contributed by atoms with E-state index in [1.54, 1.807) is 0 Å². The molecule has 4 rings (SSSR count). The first-order valence-electron chi connectivity index (χ1n) is 6.97. The van der Waals surface area contributed by atoms with Crippen molar-refractivity contribution in [3.63, 3.8) is 0 Å². The quantitative estimate of drug-likeness (QED) is 0.633. The maximum atomic E-state index is 5.89. The first-order chi connectivity index (χ1) is 9.83. The van der Waals surface area contributed by atoms with Crippen LogP contribution >= 0.6 is 0 Å². The Morgan fingerprint density at radius 3 is 2.65 bits per heavy atom. The van der Waals surface area contributed by atoms with Crippen LogP contribution in [0.3, 0.4) is 0 Å². The highest BCUT2D eigenvalue weighted by Gasteiger charge is 2.34. The first-order valence-corrected chi connectivity index (χ1v) is 6.97. The lowest BCUT2D eigenvalue weighted by molar-refractivity contribution is 0.0303. The Bertz CT molecular complexity index is 634. The Morgan fingerprint density at radius 2 is 1.90 bits per heavy atom. The van der Waals surface area contributed by atoms with Crippen LogP contribution in [0.5, 0.6) is 0 Å². The van der Waals surface area contributed by atoms with Crippen molar-refractivity contribution in [3.05, 3.63) is 24.3 Å². The number of nitrogens with zero attached hydrogens (tertiary/aromatic N) is 3. The molecular weight excluding hydrogens is 254 g/mol. The van der Waals surface area contributed by atoms with Crippen molar-refractivity contribution >= 4 is 22.7 Å². The number of anilines is 2. The van der Waals surface area contributed by atoms with Gasteiger partial charge < -0.3 is 9.64 Å². The molecule has 0 spiro atoms. The molecule has 2 fully saturated rings. The van der Waals surface area contributed by atoms with Crippen LogP contribution in [0.15, 0.2) is 24.3 Å². The molecule has 2 aromatic rings. The Hall–Kier alpha value is -1.92. The van der Waals surface area contributed by atoms with Crippen LogP contribution in [0.1, 0.15) is 12.8 Å². The number of hydrazine groups is 1. The fourth-order valence-electron chi connectivity index (χ4n) is 3.15. The van der Waals surface area contributed by atoms with Crippen molar-refractivity contribution in [3.8, 4) is 0 Å². The minimum atomic E-state index is 0.330. The highest BCUT2D eigenvalue weighted by molar-refractivity contribution is 5.90. The average molecular weight is 271 g/mol. The Labute approximate surface area is 116 Å². The lowest BCUT2D eigenvalue weighted by Crippen LogP contribution is -2.43. The third-order valence-electron chi connectivity index (χ3n) is 4.06. The summed E-state index contributed by atoms with van der Waals surface area (Å²) in [6, 6.07) is 8.03. The number of hydrogen-bond donors (Lipinski definition) is 2. The Morgan fingerprint density at radius 1 is 1.15 bits per heavy atom. The van der Waals surface area contributed by atoms with Crippen LogP contribution in [0.4, 0.5) is 11.8 Å². The number of nitrogen functional groups attached to an aromatic ring is 1. The number of benzene rings is 1. The molecule has 0 aliphatic carbocycles. The molecule has 2 aliphatic heterocycles.